The van der Waals surface area contributed by atoms with Crippen LogP contribution in [0.5, 0.6) is 0 Å². The van der Waals surface area contributed by atoms with Crippen LogP contribution in [0.15, 0.2) is 72.8 Å². The zero-order chi connectivity index (χ0) is 22.6. The molecule has 0 saturated carbocycles. The fourth-order valence-electron chi connectivity index (χ4n) is 4.30. The van der Waals surface area contributed by atoms with E-state index in [4.69, 9.17) is 11.6 Å². The Hall–Kier alpha value is -2.31. The van der Waals surface area contributed by atoms with Gasteiger partial charge in [0.2, 0.25) is 0 Å². The molecule has 2 N–H and O–H groups in total. The number of benzene rings is 3. The Morgan fingerprint density at radius 3 is 1.84 bits per heavy atom. The van der Waals surface area contributed by atoms with Gasteiger partial charge in [-0.05, 0) is 65.9 Å². The molecule has 0 aliphatic carbocycles. The molecule has 0 amide bonds. The number of halogens is 3. The first kappa shape index (κ1) is 22.9. The van der Waals surface area contributed by atoms with E-state index in [1.165, 1.54) is 24.3 Å². The molecule has 1 saturated heterocycles. The van der Waals surface area contributed by atoms with E-state index < -0.39 is 5.60 Å². The van der Waals surface area contributed by atoms with Crippen molar-refractivity contribution in [3.8, 4) is 0 Å². The lowest BCUT2D eigenvalue weighted by Crippen LogP contribution is -2.45. The normalized spacial score (nSPS) is 16.4. The predicted octanol–water partition coefficient (Wildman–Crippen LogP) is 5.28. The highest BCUT2D eigenvalue weighted by Gasteiger charge is 2.33. The highest BCUT2D eigenvalue weighted by atomic mass is 35.5. The molecule has 0 radical (unpaired) electrons. The number of aliphatic hydroxyl groups is 1. The molecule has 4 rings (SSSR count). The van der Waals surface area contributed by atoms with Gasteiger partial charge in [-0.2, -0.15) is 0 Å². The minimum Gasteiger partial charge on any atom is -0.385 e. The van der Waals surface area contributed by atoms with E-state index in [0.717, 1.165) is 36.3 Å². The minimum atomic E-state index is -0.820. The van der Waals surface area contributed by atoms with Crippen molar-refractivity contribution in [1.82, 2.24) is 10.2 Å². The van der Waals surface area contributed by atoms with Crippen molar-refractivity contribution in [1.29, 1.82) is 0 Å². The molecule has 0 unspecified atom stereocenters. The van der Waals surface area contributed by atoms with Crippen molar-refractivity contribution >= 4 is 11.6 Å². The summed E-state index contributed by atoms with van der Waals surface area (Å²) in [5.74, 6) is -0.568. The van der Waals surface area contributed by atoms with Gasteiger partial charge in [0, 0.05) is 31.2 Å². The average Bonchev–Trinajstić information content (AvgIpc) is 2.80. The summed E-state index contributed by atoms with van der Waals surface area (Å²) in [6.45, 7) is 3.10. The summed E-state index contributed by atoms with van der Waals surface area (Å²) in [4.78, 5) is 2.32. The van der Waals surface area contributed by atoms with Crippen LogP contribution in [0.4, 0.5) is 8.78 Å². The van der Waals surface area contributed by atoms with E-state index >= 15 is 0 Å². The second kappa shape index (κ2) is 10.1. The molecule has 1 fully saturated rings. The number of nitrogens with zero attached hydrogens (tertiary/aromatic N) is 1. The Balaban J connectivity index is 1.35. The van der Waals surface area contributed by atoms with Crippen LogP contribution >= 0.6 is 11.6 Å². The molecule has 0 aromatic heterocycles. The maximum absolute atomic E-state index is 13.4. The van der Waals surface area contributed by atoms with E-state index in [-0.39, 0.29) is 17.7 Å². The van der Waals surface area contributed by atoms with Crippen LogP contribution in [0.25, 0.3) is 0 Å². The van der Waals surface area contributed by atoms with Crippen molar-refractivity contribution in [3.63, 3.8) is 0 Å². The van der Waals surface area contributed by atoms with Crippen molar-refractivity contribution in [2.24, 2.45) is 0 Å². The van der Waals surface area contributed by atoms with E-state index in [2.05, 4.69) is 10.2 Å². The molecule has 1 aliphatic heterocycles. The first-order valence-corrected chi connectivity index (χ1v) is 11.3. The summed E-state index contributed by atoms with van der Waals surface area (Å²) < 4.78 is 26.8. The van der Waals surface area contributed by atoms with Crippen LogP contribution in [0.3, 0.4) is 0 Å². The molecular weight excluding hydrogens is 430 g/mol. The lowest BCUT2D eigenvalue weighted by Gasteiger charge is -2.38. The third-order valence-corrected chi connectivity index (χ3v) is 6.50. The van der Waals surface area contributed by atoms with Crippen molar-refractivity contribution in [3.05, 3.63) is 106 Å². The molecule has 3 aromatic rings. The highest BCUT2D eigenvalue weighted by Crippen LogP contribution is 2.33. The Kier molecular flexibility index (Phi) is 7.21. The third kappa shape index (κ3) is 5.54. The van der Waals surface area contributed by atoms with Gasteiger partial charge in [-0.1, -0.05) is 48.0 Å². The maximum Gasteiger partial charge on any atom is 0.123 e. The molecule has 1 aliphatic rings. The molecule has 168 valence electrons. The first-order valence-electron chi connectivity index (χ1n) is 10.9. The van der Waals surface area contributed by atoms with Crippen LogP contribution in [-0.4, -0.2) is 36.2 Å². The van der Waals surface area contributed by atoms with Gasteiger partial charge in [-0.3, -0.25) is 0 Å². The smallest absolute Gasteiger partial charge is 0.123 e. The molecule has 32 heavy (non-hydrogen) atoms. The summed E-state index contributed by atoms with van der Waals surface area (Å²) in [6.07, 6.45) is 1.32. The van der Waals surface area contributed by atoms with Crippen molar-refractivity contribution in [2.45, 2.75) is 24.5 Å². The van der Waals surface area contributed by atoms with Crippen molar-refractivity contribution in [2.75, 3.05) is 26.2 Å². The minimum absolute atomic E-state index is 0.160. The summed E-state index contributed by atoms with van der Waals surface area (Å²) in [7, 11) is 0. The number of hydrogen-bond acceptors (Lipinski definition) is 3. The Morgan fingerprint density at radius 2 is 1.34 bits per heavy atom. The number of hydrogen-bond donors (Lipinski definition) is 2. The molecular formula is C26H27ClF2N2O. The van der Waals surface area contributed by atoms with Gasteiger partial charge in [0.05, 0.1) is 11.6 Å². The first-order chi connectivity index (χ1) is 15.4. The van der Waals surface area contributed by atoms with Crippen molar-refractivity contribution < 1.29 is 13.9 Å². The number of likely N-dealkylation sites (tertiary alicyclic amines) is 1. The highest BCUT2D eigenvalue weighted by molar-refractivity contribution is 6.30. The number of nitrogens with one attached hydrogen (secondary N) is 1. The Morgan fingerprint density at radius 1 is 0.844 bits per heavy atom. The third-order valence-electron chi connectivity index (χ3n) is 6.25. The standard InChI is InChI=1S/C26H27ClF2N2O/c27-22-7-5-21(6-8-22)26(32)13-16-31(17-14-26)18-15-30-25(19-1-9-23(28)10-2-19)20-3-11-24(29)12-4-20/h1-12,25,30,32H,13-18H2. The molecule has 1 heterocycles. The van der Waals surface area contributed by atoms with Gasteiger partial charge in [0.1, 0.15) is 11.6 Å². The SMILES string of the molecule is OC1(c2ccc(Cl)cc2)CCN(CCNC(c2ccc(F)cc2)c2ccc(F)cc2)CC1. The average molecular weight is 457 g/mol. The molecule has 3 nitrogen and oxygen atoms in total. The zero-order valence-corrected chi connectivity index (χ0v) is 18.5. The molecule has 0 bridgehead atoms. The summed E-state index contributed by atoms with van der Waals surface area (Å²) in [5.41, 5.74) is 1.94. The number of rotatable bonds is 7. The topological polar surface area (TPSA) is 35.5 Å². The summed E-state index contributed by atoms with van der Waals surface area (Å²) in [5, 5.41) is 15.3. The van der Waals surface area contributed by atoms with Gasteiger partial charge in [0.25, 0.3) is 0 Å². The quantitative estimate of drug-likeness (QED) is 0.507. The van der Waals surface area contributed by atoms with Crippen LogP contribution in [-0.2, 0) is 5.60 Å². The van der Waals surface area contributed by atoms with Gasteiger partial charge in [-0.15, -0.1) is 0 Å². The lowest BCUT2D eigenvalue weighted by molar-refractivity contribution is -0.0256. The monoisotopic (exact) mass is 456 g/mol. The Bertz CT molecular complexity index is 956. The fraction of sp³-hybridized carbons (Fsp3) is 0.308. The largest absolute Gasteiger partial charge is 0.385 e. The van der Waals surface area contributed by atoms with Crippen LogP contribution < -0.4 is 5.32 Å². The van der Waals surface area contributed by atoms with E-state index in [1.54, 1.807) is 24.3 Å². The van der Waals surface area contributed by atoms with Gasteiger partial charge >= 0.3 is 0 Å². The van der Waals surface area contributed by atoms with Crippen LogP contribution in [0.2, 0.25) is 5.02 Å². The van der Waals surface area contributed by atoms with Gasteiger partial charge < -0.3 is 15.3 Å². The van der Waals surface area contributed by atoms with Gasteiger partial charge in [-0.25, -0.2) is 8.78 Å². The van der Waals surface area contributed by atoms with E-state index in [9.17, 15) is 13.9 Å². The van der Waals surface area contributed by atoms with Crippen LogP contribution in [0.1, 0.15) is 35.6 Å². The van der Waals surface area contributed by atoms with Crippen LogP contribution in [0, 0.1) is 11.6 Å². The molecule has 0 spiro atoms. The molecule has 3 aromatic carbocycles. The zero-order valence-electron chi connectivity index (χ0n) is 17.8. The van der Waals surface area contributed by atoms with Gasteiger partial charge in [0.15, 0.2) is 0 Å². The second-order valence-electron chi connectivity index (χ2n) is 8.37. The lowest BCUT2D eigenvalue weighted by atomic mass is 9.84. The fourth-order valence-corrected chi connectivity index (χ4v) is 4.43. The number of piperidine rings is 1. The maximum atomic E-state index is 13.4. The molecule has 6 heteroatoms. The predicted molar refractivity (Wildman–Crippen MR) is 124 cm³/mol. The summed E-state index contributed by atoms with van der Waals surface area (Å²) >= 11 is 5.97. The molecule has 0 atom stereocenters. The second-order valence-corrected chi connectivity index (χ2v) is 8.81. The van der Waals surface area contributed by atoms with E-state index in [1.807, 2.05) is 24.3 Å². The Labute approximate surface area is 192 Å². The summed E-state index contributed by atoms with van der Waals surface area (Å²) in [6, 6.07) is 20.0. The van der Waals surface area contributed by atoms with E-state index in [0.29, 0.717) is 24.4 Å².